The predicted octanol–water partition coefficient (Wildman–Crippen LogP) is 4.06. The first-order valence-corrected chi connectivity index (χ1v) is 11.4. The maximum atomic E-state index is 14.1. The van der Waals surface area contributed by atoms with E-state index in [1.807, 2.05) is 4.90 Å². The lowest BCUT2D eigenvalue weighted by Crippen LogP contribution is -2.61. The number of nitrogens with zero attached hydrogens (tertiary/aromatic N) is 5. The number of rotatable bonds is 5. The fourth-order valence-electron chi connectivity index (χ4n) is 3.96. The SMILES string of the molecule is O=C(N1CCN(c2nc3nc(Cl)ccc3o2)CC1)N1CC(OCc2ccc(OC(F)(F)F)cc2F)C1. The van der Waals surface area contributed by atoms with Gasteiger partial charge in [-0.05, 0) is 18.2 Å². The number of anilines is 1. The molecule has 0 aliphatic carbocycles. The Balaban J connectivity index is 1.06. The number of aromatic nitrogens is 2. The third-order valence-corrected chi connectivity index (χ3v) is 6.09. The number of alkyl halides is 3. The van der Waals surface area contributed by atoms with Crippen LogP contribution in [-0.4, -0.2) is 77.5 Å². The third kappa shape index (κ3) is 5.41. The van der Waals surface area contributed by atoms with Crippen LogP contribution in [0, 0.1) is 5.82 Å². The number of urea groups is 1. The summed E-state index contributed by atoms with van der Waals surface area (Å²) in [6, 6.07) is 6.50. The highest BCUT2D eigenvalue weighted by Gasteiger charge is 2.36. The van der Waals surface area contributed by atoms with Gasteiger partial charge in [-0.3, -0.25) is 0 Å². The molecular formula is C22H20ClF4N5O4. The normalized spacial score (nSPS) is 17.0. The zero-order chi connectivity index (χ0) is 25.4. The summed E-state index contributed by atoms with van der Waals surface area (Å²) in [5.41, 5.74) is 1.06. The third-order valence-electron chi connectivity index (χ3n) is 5.88. The molecule has 4 heterocycles. The van der Waals surface area contributed by atoms with Gasteiger partial charge in [0.05, 0.1) is 25.8 Å². The van der Waals surface area contributed by atoms with Crippen molar-refractivity contribution in [1.82, 2.24) is 19.8 Å². The van der Waals surface area contributed by atoms with Gasteiger partial charge < -0.3 is 28.6 Å². The molecule has 0 atom stereocenters. The van der Waals surface area contributed by atoms with Gasteiger partial charge in [-0.2, -0.15) is 4.98 Å². The van der Waals surface area contributed by atoms with Gasteiger partial charge >= 0.3 is 12.4 Å². The van der Waals surface area contributed by atoms with Crippen molar-refractivity contribution in [2.24, 2.45) is 0 Å². The Morgan fingerprint density at radius 1 is 1.08 bits per heavy atom. The Morgan fingerprint density at radius 3 is 2.53 bits per heavy atom. The minimum atomic E-state index is -4.89. The molecule has 0 N–H and O–H groups in total. The number of hydrogen-bond donors (Lipinski definition) is 0. The zero-order valence-electron chi connectivity index (χ0n) is 18.7. The number of ether oxygens (including phenoxy) is 2. The lowest BCUT2D eigenvalue weighted by Gasteiger charge is -2.43. The first kappa shape index (κ1) is 24.4. The lowest BCUT2D eigenvalue weighted by atomic mass is 10.1. The maximum absolute atomic E-state index is 14.1. The Morgan fingerprint density at radius 2 is 1.83 bits per heavy atom. The van der Waals surface area contributed by atoms with E-state index in [2.05, 4.69) is 14.7 Å². The Kier molecular flexibility index (Phi) is 6.51. The minimum Gasteiger partial charge on any atom is -0.422 e. The van der Waals surface area contributed by atoms with Crippen LogP contribution in [0.25, 0.3) is 11.2 Å². The van der Waals surface area contributed by atoms with Crippen LogP contribution in [0.3, 0.4) is 0 Å². The van der Waals surface area contributed by atoms with E-state index in [1.165, 1.54) is 6.07 Å². The topological polar surface area (TPSA) is 84.2 Å². The molecule has 2 fully saturated rings. The molecule has 0 radical (unpaired) electrons. The second-order valence-electron chi connectivity index (χ2n) is 8.35. The van der Waals surface area contributed by atoms with E-state index in [1.54, 1.807) is 21.9 Å². The van der Waals surface area contributed by atoms with E-state index < -0.39 is 17.9 Å². The van der Waals surface area contributed by atoms with Gasteiger partial charge in [-0.1, -0.05) is 17.7 Å². The molecule has 2 aromatic heterocycles. The van der Waals surface area contributed by atoms with Gasteiger partial charge in [0.2, 0.25) is 5.65 Å². The van der Waals surface area contributed by atoms with Crippen molar-refractivity contribution < 1.29 is 36.2 Å². The fourth-order valence-corrected chi connectivity index (χ4v) is 4.10. The molecule has 192 valence electrons. The summed E-state index contributed by atoms with van der Waals surface area (Å²) in [7, 11) is 0. The maximum Gasteiger partial charge on any atom is 0.573 e. The zero-order valence-corrected chi connectivity index (χ0v) is 19.4. The molecule has 2 aliphatic heterocycles. The molecule has 3 aromatic rings. The van der Waals surface area contributed by atoms with Gasteiger partial charge in [0.1, 0.15) is 16.7 Å². The molecule has 0 unspecified atom stereocenters. The first-order valence-electron chi connectivity index (χ1n) is 11.0. The van der Waals surface area contributed by atoms with Gasteiger partial charge in [0, 0.05) is 37.8 Å². The molecule has 36 heavy (non-hydrogen) atoms. The Labute approximate surface area is 207 Å². The number of halogens is 5. The Hall–Kier alpha value is -3.32. The number of amides is 2. The van der Waals surface area contributed by atoms with E-state index in [0.717, 1.165) is 6.07 Å². The largest absolute Gasteiger partial charge is 0.573 e. The van der Waals surface area contributed by atoms with Gasteiger partial charge in [-0.25, -0.2) is 14.2 Å². The highest BCUT2D eigenvalue weighted by molar-refractivity contribution is 6.29. The van der Waals surface area contributed by atoms with Gasteiger partial charge in [-0.15, -0.1) is 13.2 Å². The lowest BCUT2D eigenvalue weighted by molar-refractivity contribution is -0.274. The first-order chi connectivity index (χ1) is 17.1. The van der Waals surface area contributed by atoms with Crippen LogP contribution in [0.4, 0.5) is 28.4 Å². The molecule has 0 saturated carbocycles. The van der Waals surface area contributed by atoms with Crippen LogP contribution in [-0.2, 0) is 11.3 Å². The minimum absolute atomic E-state index is 0.0992. The van der Waals surface area contributed by atoms with E-state index in [0.29, 0.717) is 67.7 Å². The van der Waals surface area contributed by atoms with Crippen molar-refractivity contribution in [2.45, 2.75) is 19.1 Å². The van der Waals surface area contributed by atoms with Crippen LogP contribution in [0.2, 0.25) is 5.15 Å². The van der Waals surface area contributed by atoms with Crippen molar-refractivity contribution in [3.63, 3.8) is 0 Å². The number of piperazine rings is 1. The molecular weight excluding hydrogens is 510 g/mol. The summed E-state index contributed by atoms with van der Waals surface area (Å²) in [4.78, 5) is 26.5. The average molecular weight is 530 g/mol. The van der Waals surface area contributed by atoms with Crippen molar-refractivity contribution in [2.75, 3.05) is 44.2 Å². The van der Waals surface area contributed by atoms with E-state index in [-0.39, 0.29) is 24.3 Å². The number of carbonyl (C=O) groups excluding carboxylic acids is 1. The average Bonchev–Trinajstić information content (AvgIpc) is 3.21. The van der Waals surface area contributed by atoms with Gasteiger partial charge in [0.15, 0.2) is 5.58 Å². The van der Waals surface area contributed by atoms with Crippen LogP contribution < -0.4 is 9.64 Å². The highest BCUT2D eigenvalue weighted by atomic mass is 35.5. The number of fused-ring (bicyclic) bond motifs is 1. The number of carbonyl (C=O) groups is 1. The fraction of sp³-hybridized carbons (Fsp3) is 0.409. The number of oxazole rings is 1. The van der Waals surface area contributed by atoms with Crippen LogP contribution >= 0.6 is 11.6 Å². The molecule has 2 aliphatic rings. The molecule has 1 aromatic carbocycles. The van der Waals surface area contributed by atoms with E-state index >= 15 is 0 Å². The van der Waals surface area contributed by atoms with E-state index in [9.17, 15) is 22.4 Å². The molecule has 0 bridgehead atoms. The van der Waals surface area contributed by atoms with Gasteiger partial charge in [0.25, 0.3) is 6.01 Å². The molecule has 2 saturated heterocycles. The van der Waals surface area contributed by atoms with Crippen LogP contribution in [0.15, 0.2) is 34.7 Å². The number of pyridine rings is 1. The summed E-state index contributed by atoms with van der Waals surface area (Å²) in [6.07, 6.45) is -5.19. The predicted molar refractivity (Wildman–Crippen MR) is 119 cm³/mol. The standard InChI is InChI=1S/C22H20ClF4N5O4/c23-18-4-3-17-19(28-18)29-20(35-17)30-5-7-31(8-6-30)21(33)32-10-15(11-32)34-12-13-1-2-14(9-16(13)24)36-22(25,26)27/h1-4,9,15H,5-8,10-12H2. The monoisotopic (exact) mass is 529 g/mol. The number of benzene rings is 1. The van der Waals surface area contributed by atoms with Crippen molar-refractivity contribution in [3.05, 3.63) is 46.9 Å². The second kappa shape index (κ2) is 9.62. The molecule has 5 rings (SSSR count). The number of likely N-dealkylation sites (tertiary alicyclic amines) is 1. The molecule has 0 spiro atoms. The second-order valence-corrected chi connectivity index (χ2v) is 8.74. The quantitative estimate of drug-likeness (QED) is 0.364. The van der Waals surface area contributed by atoms with Crippen molar-refractivity contribution in [1.29, 1.82) is 0 Å². The van der Waals surface area contributed by atoms with E-state index in [4.69, 9.17) is 20.8 Å². The summed E-state index contributed by atoms with van der Waals surface area (Å²) in [6.45, 7) is 2.58. The summed E-state index contributed by atoms with van der Waals surface area (Å²) >= 11 is 5.89. The highest BCUT2D eigenvalue weighted by Crippen LogP contribution is 2.26. The van der Waals surface area contributed by atoms with Crippen molar-refractivity contribution >= 4 is 34.9 Å². The summed E-state index contributed by atoms with van der Waals surface area (Å²) in [5, 5.41) is 0.327. The van der Waals surface area contributed by atoms with Crippen molar-refractivity contribution in [3.8, 4) is 5.75 Å². The number of hydrogen-bond acceptors (Lipinski definition) is 7. The smallest absolute Gasteiger partial charge is 0.422 e. The summed E-state index contributed by atoms with van der Waals surface area (Å²) < 4.78 is 65.8. The Bertz CT molecular complexity index is 1260. The molecule has 2 amide bonds. The summed E-state index contributed by atoms with van der Waals surface area (Å²) in [5.74, 6) is -1.50. The molecule has 9 nitrogen and oxygen atoms in total. The van der Waals surface area contributed by atoms with Crippen LogP contribution in [0.5, 0.6) is 5.75 Å². The molecule has 14 heteroatoms. The van der Waals surface area contributed by atoms with Crippen LogP contribution in [0.1, 0.15) is 5.56 Å².